The highest BCUT2D eigenvalue weighted by molar-refractivity contribution is 5.96. The van der Waals surface area contributed by atoms with Gasteiger partial charge in [-0.05, 0) is 61.6 Å². The van der Waals surface area contributed by atoms with Crippen molar-refractivity contribution in [1.82, 2.24) is 14.9 Å². The third kappa shape index (κ3) is 7.50. The average molecular weight is 553 g/mol. The highest BCUT2D eigenvalue weighted by Crippen LogP contribution is 2.29. The van der Waals surface area contributed by atoms with E-state index in [1.807, 2.05) is 77.1 Å². The lowest BCUT2D eigenvalue weighted by molar-refractivity contribution is -0.120. The first-order valence-corrected chi connectivity index (χ1v) is 14.3. The molecule has 7 heteroatoms. The standard InChI is InChI=1S/C34H40N4O3/c1-5-28-16-11-13-25(2)34(28)38(26(3)24-41-4)33(40)23-37-30-18-10-9-17-29(30)36-31(37)19-12-22-35-32(39)21-20-27-14-7-6-8-15-27/h6-11,13-18,20-21,26H,5,12,19,22-24H2,1-4H3,(H,35,39)/b21-20+. The summed E-state index contributed by atoms with van der Waals surface area (Å²) in [5.74, 6) is 0.682. The zero-order valence-corrected chi connectivity index (χ0v) is 24.5. The Hall–Kier alpha value is -4.23. The highest BCUT2D eigenvalue weighted by atomic mass is 16.5. The van der Waals surface area contributed by atoms with Gasteiger partial charge in [-0.3, -0.25) is 9.59 Å². The zero-order valence-electron chi connectivity index (χ0n) is 24.5. The minimum Gasteiger partial charge on any atom is -0.383 e. The molecule has 0 saturated carbocycles. The number of fused-ring (bicyclic) bond motifs is 1. The van der Waals surface area contributed by atoms with E-state index in [2.05, 4.69) is 31.3 Å². The van der Waals surface area contributed by atoms with E-state index in [9.17, 15) is 9.59 Å². The number of para-hydroxylation sites is 3. The lowest BCUT2D eigenvalue weighted by Gasteiger charge is -2.32. The van der Waals surface area contributed by atoms with Crippen molar-refractivity contribution in [2.45, 2.75) is 52.6 Å². The summed E-state index contributed by atoms with van der Waals surface area (Å²) >= 11 is 0. The van der Waals surface area contributed by atoms with Crippen LogP contribution in [-0.4, -0.2) is 47.7 Å². The second-order valence-electron chi connectivity index (χ2n) is 10.2. The molecule has 2 amide bonds. The number of aromatic nitrogens is 2. The van der Waals surface area contributed by atoms with Gasteiger partial charge in [0.2, 0.25) is 11.8 Å². The number of carbonyl (C=O) groups is 2. The quantitative estimate of drug-likeness (QED) is 0.170. The molecule has 1 aromatic heterocycles. The minimum absolute atomic E-state index is 0.0118. The molecule has 0 aliphatic rings. The predicted octanol–water partition coefficient (Wildman–Crippen LogP) is 5.74. The molecular formula is C34H40N4O3. The molecule has 4 rings (SSSR count). The van der Waals surface area contributed by atoms with E-state index in [0.29, 0.717) is 26.0 Å². The van der Waals surface area contributed by atoms with Crippen LogP contribution in [0.1, 0.15) is 42.8 Å². The lowest BCUT2D eigenvalue weighted by Crippen LogP contribution is -2.44. The van der Waals surface area contributed by atoms with Gasteiger partial charge in [-0.15, -0.1) is 0 Å². The van der Waals surface area contributed by atoms with Crippen LogP contribution in [0.2, 0.25) is 0 Å². The number of hydrogen-bond donors (Lipinski definition) is 1. The molecule has 0 fully saturated rings. The maximum absolute atomic E-state index is 14.1. The number of nitrogens with zero attached hydrogens (tertiary/aromatic N) is 3. The molecule has 0 bridgehead atoms. The average Bonchev–Trinajstić information content (AvgIpc) is 3.32. The number of rotatable bonds is 13. The van der Waals surface area contributed by atoms with Gasteiger partial charge >= 0.3 is 0 Å². The van der Waals surface area contributed by atoms with Crippen LogP contribution in [0.3, 0.4) is 0 Å². The molecule has 214 valence electrons. The number of nitrogens with one attached hydrogen (secondary N) is 1. The van der Waals surface area contributed by atoms with Crippen molar-refractivity contribution in [2.75, 3.05) is 25.2 Å². The summed E-state index contributed by atoms with van der Waals surface area (Å²) in [6.07, 6.45) is 5.50. The number of benzene rings is 3. The van der Waals surface area contributed by atoms with E-state index in [4.69, 9.17) is 9.72 Å². The summed E-state index contributed by atoms with van der Waals surface area (Å²) < 4.78 is 7.49. The Kier molecular flexibility index (Phi) is 10.5. The van der Waals surface area contributed by atoms with Gasteiger partial charge in [-0.25, -0.2) is 4.98 Å². The summed E-state index contributed by atoms with van der Waals surface area (Å²) in [5, 5.41) is 2.95. The number of methoxy groups -OCH3 is 1. The van der Waals surface area contributed by atoms with Crippen molar-refractivity contribution < 1.29 is 14.3 Å². The van der Waals surface area contributed by atoms with E-state index in [1.165, 1.54) is 0 Å². The molecule has 7 nitrogen and oxygen atoms in total. The van der Waals surface area contributed by atoms with E-state index in [0.717, 1.165) is 45.7 Å². The van der Waals surface area contributed by atoms with Gasteiger partial charge in [0.25, 0.3) is 0 Å². The Balaban J connectivity index is 1.51. The van der Waals surface area contributed by atoms with Crippen molar-refractivity contribution in [2.24, 2.45) is 0 Å². The van der Waals surface area contributed by atoms with Gasteiger partial charge < -0.3 is 19.5 Å². The SMILES string of the molecule is CCc1cccc(C)c1N(C(=O)Cn1c(CCCNC(=O)/C=C/c2ccccc2)nc2ccccc21)C(C)COC. The van der Waals surface area contributed by atoms with Crippen LogP contribution in [0.5, 0.6) is 0 Å². The summed E-state index contributed by atoms with van der Waals surface area (Å²) in [4.78, 5) is 33.2. The van der Waals surface area contributed by atoms with Gasteiger partial charge in [-0.1, -0.05) is 67.6 Å². The van der Waals surface area contributed by atoms with Crippen molar-refractivity contribution >= 4 is 34.6 Å². The maximum Gasteiger partial charge on any atom is 0.247 e. The molecule has 1 heterocycles. The van der Waals surface area contributed by atoms with Crippen LogP contribution in [0.15, 0.2) is 78.9 Å². The van der Waals surface area contributed by atoms with Crippen molar-refractivity contribution in [3.05, 3.63) is 101 Å². The van der Waals surface area contributed by atoms with Gasteiger partial charge in [0.05, 0.1) is 29.4 Å². The first-order chi connectivity index (χ1) is 19.9. The normalized spacial score (nSPS) is 12.1. The number of ether oxygens (including phenoxy) is 1. The van der Waals surface area contributed by atoms with Gasteiger partial charge in [0.15, 0.2) is 0 Å². The zero-order chi connectivity index (χ0) is 29.2. The lowest BCUT2D eigenvalue weighted by atomic mass is 10.0. The van der Waals surface area contributed by atoms with Crippen LogP contribution in [0.4, 0.5) is 5.69 Å². The summed E-state index contributed by atoms with van der Waals surface area (Å²) in [7, 11) is 1.66. The highest BCUT2D eigenvalue weighted by Gasteiger charge is 2.27. The predicted molar refractivity (Wildman–Crippen MR) is 166 cm³/mol. The first kappa shape index (κ1) is 29.7. The Bertz CT molecular complexity index is 1490. The van der Waals surface area contributed by atoms with Crippen LogP contribution in [-0.2, 0) is 33.7 Å². The van der Waals surface area contributed by atoms with Crippen molar-refractivity contribution in [1.29, 1.82) is 0 Å². The molecule has 1 N–H and O–H groups in total. The summed E-state index contributed by atoms with van der Waals surface area (Å²) in [5.41, 5.74) is 5.91. The Morgan fingerprint density at radius 2 is 1.80 bits per heavy atom. The van der Waals surface area contributed by atoms with Crippen LogP contribution in [0.25, 0.3) is 17.1 Å². The number of hydrogen-bond acceptors (Lipinski definition) is 4. The first-order valence-electron chi connectivity index (χ1n) is 14.3. The Morgan fingerprint density at radius 1 is 1.05 bits per heavy atom. The molecule has 0 aliphatic carbocycles. The number of carbonyl (C=O) groups excluding carboxylic acids is 2. The van der Waals surface area contributed by atoms with Gasteiger partial charge in [0.1, 0.15) is 12.4 Å². The third-order valence-corrected chi connectivity index (χ3v) is 7.19. The van der Waals surface area contributed by atoms with Gasteiger partial charge in [-0.2, -0.15) is 0 Å². The molecule has 41 heavy (non-hydrogen) atoms. The fourth-order valence-corrected chi connectivity index (χ4v) is 5.21. The monoisotopic (exact) mass is 552 g/mol. The molecule has 0 aliphatic heterocycles. The van der Waals surface area contributed by atoms with Crippen molar-refractivity contribution in [3.8, 4) is 0 Å². The molecule has 0 saturated heterocycles. The number of aryl methyl sites for hydroxylation is 3. The van der Waals surface area contributed by atoms with E-state index < -0.39 is 0 Å². The maximum atomic E-state index is 14.1. The molecule has 0 radical (unpaired) electrons. The number of anilines is 1. The van der Waals surface area contributed by atoms with E-state index >= 15 is 0 Å². The molecule has 1 unspecified atom stereocenters. The Labute approximate surface area is 242 Å². The smallest absolute Gasteiger partial charge is 0.247 e. The molecule has 0 spiro atoms. The molecule has 4 aromatic rings. The van der Waals surface area contributed by atoms with Crippen LogP contribution >= 0.6 is 0 Å². The minimum atomic E-state index is -0.142. The second kappa shape index (κ2) is 14.4. The fraction of sp³-hybridized carbons (Fsp3) is 0.324. The topological polar surface area (TPSA) is 76.5 Å². The van der Waals surface area contributed by atoms with Crippen molar-refractivity contribution in [3.63, 3.8) is 0 Å². The van der Waals surface area contributed by atoms with E-state index in [1.54, 1.807) is 19.3 Å². The van der Waals surface area contributed by atoms with Gasteiger partial charge in [0, 0.05) is 26.2 Å². The molecular weight excluding hydrogens is 512 g/mol. The number of imidazole rings is 1. The van der Waals surface area contributed by atoms with E-state index in [-0.39, 0.29) is 24.4 Å². The summed E-state index contributed by atoms with van der Waals surface area (Å²) in [6.45, 7) is 7.28. The van der Waals surface area contributed by atoms with Crippen LogP contribution < -0.4 is 10.2 Å². The largest absolute Gasteiger partial charge is 0.383 e. The fourth-order valence-electron chi connectivity index (χ4n) is 5.21. The molecule has 1 atom stereocenters. The Morgan fingerprint density at radius 3 is 2.56 bits per heavy atom. The second-order valence-corrected chi connectivity index (χ2v) is 10.2. The summed E-state index contributed by atoms with van der Waals surface area (Å²) in [6, 6.07) is 23.7. The molecule has 3 aromatic carbocycles. The third-order valence-electron chi connectivity index (χ3n) is 7.19. The van der Waals surface area contributed by atoms with Crippen LogP contribution in [0, 0.1) is 6.92 Å². The number of amides is 2.